The summed E-state index contributed by atoms with van der Waals surface area (Å²) in [4.78, 5) is 60.8. The van der Waals surface area contributed by atoms with Gasteiger partial charge in [-0.15, -0.1) is 16.9 Å². The van der Waals surface area contributed by atoms with Gasteiger partial charge in [-0.25, -0.2) is 13.9 Å². The maximum Gasteiger partial charge on any atom is 0.356 e. The van der Waals surface area contributed by atoms with Gasteiger partial charge in [-0.2, -0.15) is 0 Å². The second-order valence-electron chi connectivity index (χ2n) is 16.6. The molecule has 0 radical (unpaired) electrons. The molecule has 0 spiro atoms. The Morgan fingerprint density at radius 2 is 1.33 bits per heavy atom. The van der Waals surface area contributed by atoms with E-state index in [2.05, 4.69) is 20.8 Å². The second kappa shape index (κ2) is 22.1. The van der Waals surface area contributed by atoms with Gasteiger partial charge in [-0.1, -0.05) is 151 Å². The van der Waals surface area contributed by atoms with E-state index < -0.39 is 58.8 Å². The van der Waals surface area contributed by atoms with Gasteiger partial charge in [0.2, 0.25) is 11.1 Å². The highest BCUT2D eigenvalue weighted by molar-refractivity contribution is 8.01. The van der Waals surface area contributed by atoms with Crippen molar-refractivity contribution in [3.63, 3.8) is 0 Å². The predicted molar refractivity (Wildman–Crippen MR) is 266 cm³/mol. The lowest BCUT2D eigenvalue weighted by molar-refractivity contribution is -0.194. The minimum Gasteiger partial charge on any atom is -0.497 e. The summed E-state index contributed by atoms with van der Waals surface area (Å²) < 4.78 is 47.8. The smallest absolute Gasteiger partial charge is 0.356 e. The van der Waals surface area contributed by atoms with E-state index in [0.29, 0.717) is 38.7 Å². The largest absolute Gasteiger partial charge is 0.497 e. The number of amides is 2. The van der Waals surface area contributed by atoms with Crippen molar-refractivity contribution in [1.29, 1.82) is 0 Å². The van der Waals surface area contributed by atoms with E-state index in [4.69, 9.17) is 23.7 Å². The minimum absolute atomic E-state index is 0.0500. The summed E-state index contributed by atoms with van der Waals surface area (Å²) in [6.45, 7) is 0.0829. The van der Waals surface area contributed by atoms with E-state index in [0.717, 1.165) is 11.6 Å². The fourth-order valence-corrected chi connectivity index (χ4v) is 10.8. The zero-order valence-electron chi connectivity index (χ0n) is 39.1. The van der Waals surface area contributed by atoms with Crippen LogP contribution in [0.2, 0.25) is 0 Å². The fraction of sp³-hybridized carbons (Fsp3) is 0.204. The van der Waals surface area contributed by atoms with Crippen LogP contribution in [0.5, 0.6) is 11.5 Å². The first-order valence-corrected chi connectivity index (χ1v) is 24.7. The first-order chi connectivity index (χ1) is 35.1. The Hall–Kier alpha value is -7.80. The van der Waals surface area contributed by atoms with E-state index in [1.54, 1.807) is 87.0 Å². The molecule has 2 aliphatic rings. The Morgan fingerprint density at radius 3 is 1.85 bits per heavy atom. The SMILES string of the molecule is COc1ccc(COc2ccc(C(C(=O)N[C@]3(OC)C(=O)N4C(C(=O)OC(c5ccccc5)c5ccccc5)=C(CSc5nnnn5C)CS[C@H]43)C(=O)OC(c3ccccc3)c3ccccc3)c(F)c2)cc1. The molecule has 7 aromatic rings. The second-order valence-corrected chi connectivity index (χ2v) is 18.6. The van der Waals surface area contributed by atoms with Crippen LogP contribution in [0.4, 0.5) is 4.39 Å². The number of rotatable bonds is 19. The first kappa shape index (κ1) is 49.2. The third-order valence-electron chi connectivity index (χ3n) is 12.1. The van der Waals surface area contributed by atoms with Crippen molar-refractivity contribution in [3.05, 3.63) is 214 Å². The Kier molecular flexibility index (Phi) is 15.1. The predicted octanol–water partition coefficient (Wildman–Crippen LogP) is 8.11. The van der Waals surface area contributed by atoms with Crippen molar-refractivity contribution < 1.29 is 47.3 Å². The van der Waals surface area contributed by atoms with Gasteiger partial charge in [-0.3, -0.25) is 19.3 Å². The van der Waals surface area contributed by atoms with Crippen molar-refractivity contribution in [2.45, 2.75) is 41.0 Å². The van der Waals surface area contributed by atoms with Crippen LogP contribution in [-0.2, 0) is 47.0 Å². The van der Waals surface area contributed by atoms with E-state index >= 15 is 9.18 Å². The third kappa shape index (κ3) is 10.3. The summed E-state index contributed by atoms with van der Waals surface area (Å²) >= 11 is 2.48. The molecule has 15 nitrogen and oxygen atoms in total. The molecule has 18 heteroatoms. The van der Waals surface area contributed by atoms with E-state index in [1.807, 2.05) is 72.8 Å². The van der Waals surface area contributed by atoms with Gasteiger partial charge < -0.3 is 29.0 Å². The molecular formula is C54H47FN6O9S2. The molecule has 1 N–H and O–H groups in total. The number of nitrogens with zero attached hydrogens (tertiary/aromatic N) is 5. The topological polar surface area (TPSA) is 173 Å². The Morgan fingerprint density at radius 1 is 0.778 bits per heavy atom. The number of benzene rings is 6. The number of aromatic nitrogens is 4. The molecule has 3 heterocycles. The molecule has 6 aromatic carbocycles. The number of fused-ring (bicyclic) bond motifs is 1. The molecule has 0 aliphatic carbocycles. The number of tetrazole rings is 1. The molecule has 1 saturated heterocycles. The van der Waals surface area contributed by atoms with Crippen LogP contribution < -0.4 is 14.8 Å². The maximum absolute atomic E-state index is 16.6. The lowest BCUT2D eigenvalue weighted by Crippen LogP contribution is -2.81. The number of aryl methyl sites for hydroxylation is 1. The van der Waals surface area contributed by atoms with Gasteiger partial charge in [0.15, 0.2) is 18.1 Å². The van der Waals surface area contributed by atoms with Crippen molar-refractivity contribution in [1.82, 2.24) is 30.4 Å². The van der Waals surface area contributed by atoms with Crippen LogP contribution in [0.15, 0.2) is 180 Å². The molecule has 0 saturated carbocycles. The van der Waals surface area contributed by atoms with Crippen LogP contribution >= 0.6 is 23.5 Å². The highest BCUT2D eigenvalue weighted by Crippen LogP contribution is 2.48. The van der Waals surface area contributed by atoms with Gasteiger partial charge in [-0.05, 0) is 62.0 Å². The minimum atomic E-state index is -2.15. The molecule has 1 aromatic heterocycles. The lowest BCUT2D eigenvalue weighted by atomic mass is 9.93. The van der Waals surface area contributed by atoms with Gasteiger partial charge >= 0.3 is 11.9 Å². The molecule has 366 valence electrons. The van der Waals surface area contributed by atoms with Gasteiger partial charge in [0.25, 0.3) is 11.6 Å². The number of β-lactam (4-membered cyclic amide) rings is 1. The highest BCUT2D eigenvalue weighted by Gasteiger charge is 2.67. The van der Waals surface area contributed by atoms with Crippen molar-refractivity contribution >= 4 is 47.3 Å². The zero-order valence-corrected chi connectivity index (χ0v) is 40.8. The van der Waals surface area contributed by atoms with E-state index in [-0.39, 0.29) is 35.1 Å². The normalized spacial score (nSPS) is 16.7. The Labute approximate surface area is 422 Å². The number of hydrogen-bond acceptors (Lipinski definition) is 14. The molecule has 2 amide bonds. The van der Waals surface area contributed by atoms with Crippen LogP contribution in [0.25, 0.3) is 0 Å². The van der Waals surface area contributed by atoms with Crippen molar-refractivity contribution in [2.24, 2.45) is 7.05 Å². The molecule has 3 atom stereocenters. The number of methoxy groups -OCH3 is 2. The molecule has 1 unspecified atom stereocenters. The zero-order chi connectivity index (χ0) is 50.2. The van der Waals surface area contributed by atoms with Gasteiger partial charge in [0, 0.05) is 37.3 Å². The standard InChI is InChI=1S/C54H47FN6O9S2/c1-60-53(57-58-59-60)72-33-39-32-71-52-54(67-3,51(65)61(52)45(39)50(64)70-47(37-20-12-6-13-21-37)38-22-14-7-15-23-38)56-48(62)44(49(63)69-46(35-16-8-4-9-17-35)36-18-10-5-11-19-36)42-29-28-41(30-43(42)55)68-31-34-24-26-40(66-2)27-25-34/h4-30,44,46-47,52H,31-33H2,1-3H3,(H,56,62)/t44?,52-,54-/m0/s1. The van der Waals surface area contributed by atoms with Gasteiger partial charge in [0.1, 0.15) is 35.0 Å². The van der Waals surface area contributed by atoms with E-state index in [9.17, 15) is 14.4 Å². The summed E-state index contributed by atoms with van der Waals surface area (Å²) in [5.74, 6) is -5.64. The molecule has 1 fully saturated rings. The van der Waals surface area contributed by atoms with Crippen LogP contribution in [0, 0.1) is 5.82 Å². The fourth-order valence-electron chi connectivity index (χ4n) is 8.40. The quantitative estimate of drug-likeness (QED) is 0.0271. The summed E-state index contributed by atoms with van der Waals surface area (Å²) in [6, 6.07) is 47.2. The number of esters is 2. The number of hydrogen-bond donors (Lipinski definition) is 1. The number of halogens is 1. The third-order valence-corrected chi connectivity index (χ3v) is 14.6. The summed E-state index contributed by atoms with van der Waals surface area (Å²) in [6.07, 6.45) is -1.88. The molecule has 72 heavy (non-hydrogen) atoms. The van der Waals surface area contributed by atoms with E-state index in [1.165, 1.54) is 52.3 Å². The van der Waals surface area contributed by atoms with Crippen LogP contribution in [0.3, 0.4) is 0 Å². The maximum atomic E-state index is 16.6. The average Bonchev–Trinajstić information content (AvgIpc) is 3.84. The number of carbonyl (C=O) groups is 4. The van der Waals surface area contributed by atoms with Crippen LogP contribution in [0.1, 0.15) is 51.5 Å². The number of nitrogens with one attached hydrogen (secondary N) is 1. The number of carbonyl (C=O) groups excluding carboxylic acids is 4. The summed E-state index contributed by atoms with van der Waals surface area (Å²) in [5, 5.41) is 13.8. The number of ether oxygens (including phenoxy) is 5. The van der Waals surface area contributed by atoms with Crippen molar-refractivity contribution in [2.75, 3.05) is 25.7 Å². The number of thioether (sulfide) groups is 2. The van der Waals surface area contributed by atoms with Crippen LogP contribution in [-0.4, -0.2) is 85.7 Å². The Balaban J connectivity index is 1.04. The monoisotopic (exact) mass is 1010 g/mol. The molecule has 2 aliphatic heterocycles. The van der Waals surface area contributed by atoms with Crippen molar-refractivity contribution in [3.8, 4) is 11.5 Å². The molecule has 0 bridgehead atoms. The molecule has 9 rings (SSSR count). The average molecular weight is 1010 g/mol. The molecular weight excluding hydrogens is 960 g/mol. The lowest BCUT2D eigenvalue weighted by Gasteiger charge is -2.56. The highest BCUT2D eigenvalue weighted by atomic mass is 32.2. The summed E-state index contributed by atoms with van der Waals surface area (Å²) in [7, 11) is 4.47. The first-order valence-electron chi connectivity index (χ1n) is 22.6. The van der Waals surface area contributed by atoms with Gasteiger partial charge in [0.05, 0.1) is 7.11 Å². The Bertz CT molecular complexity index is 3000. The summed E-state index contributed by atoms with van der Waals surface area (Å²) in [5.41, 5.74) is 1.33.